The maximum atomic E-state index is 13.9. The van der Waals surface area contributed by atoms with Crippen molar-refractivity contribution in [2.24, 2.45) is 0 Å². The average molecular weight is 284 g/mol. The van der Waals surface area contributed by atoms with Crippen LogP contribution in [0.5, 0.6) is 0 Å². The number of aliphatic carboxylic acids is 1. The van der Waals surface area contributed by atoms with Crippen LogP contribution < -0.4 is 0 Å². The Morgan fingerprint density at radius 2 is 1.95 bits per heavy atom. The van der Waals surface area contributed by atoms with Gasteiger partial charge < -0.3 is 10.0 Å². The van der Waals surface area contributed by atoms with E-state index in [1.165, 1.54) is 0 Å². The highest BCUT2D eigenvalue weighted by molar-refractivity contribution is 5.68. The van der Waals surface area contributed by atoms with Crippen LogP contribution in [-0.4, -0.2) is 54.1 Å². The largest absolute Gasteiger partial charge is 0.481 e. The van der Waals surface area contributed by atoms with E-state index < -0.39 is 23.6 Å². The molecule has 1 atom stereocenters. The lowest BCUT2D eigenvalue weighted by molar-refractivity contribution is -0.138. The smallest absolute Gasteiger partial charge is 0.305 e. The third-order valence-corrected chi connectivity index (χ3v) is 3.66. The van der Waals surface area contributed by atoms with Crippen molar-refractivity contribution in [1.82, 2.24) is 9.80 Å². The van der Waals surface area contributed by atoms with Crippen molar-refractivity contribution in [3.05, 3.63) is 35.4 Å². The van der Waals surface area contributed by atoms with E-state index in [1.807, 2.05) is 11.9 Å². The summed E-state index contributed by atoms with van der Waals surface area (Å²) in [5.74, 6) is -2.12. The Morgan fingerprint density at radius 3 is 2.55 bits per heavy atom. The van der Waals surface area contributed by atoms with Gasteiger partial charge in [0.15, 0.2) is 0 Å². The number of nitrogens with zero attached hydrogens (tertiary/aromatic N) is 2. The van der Waals surface area contributed by atoms with Crippen LogP contribution >= 0.6 is 0 Å². The zero-order valence-electron chi connectivity index (χ0n) is 11.4. The monoisotopic (exact) mass is 284 g/mol. The predicted molar refractivity (Wildman–Crippen MR) is 70.4 cm³/mol. The third-order valence-electron chi connectivity index (χ3n) is 3.66. The van der Waals surface area contributed by atoms with Crippen molar-refractivity contribution < 1.29 is 18.7 Å². The van der Waals surface area contributed by atoms with Crippen LogP contribution in [0.1, 0.15) is 18.0 Å². The Kier molecular flexibility index (Phi) is 4.67. The van der Waals surface area contributed by atoms with Crippen LogP contribution in [0.15, 0.2) is 18.2 Å². The molecule has 20 heavy (non-hydrogen) atoms. The van der Waals surface area contributed by atoms with Crippen LogP contribution in [0, 0.1) is 11.6 Å². The fourth-order valence-electron chi connectivity index (χ4n) is 2.50. The quantitative estimate of drug-likeness (QED) is 0.914. The predicted octanol–water partition coefficient (Wildman–Crippen LogP) is 1.73. The standard InChI is InChI=1S/C14H18F2N2O2/c1-17-4-6-18(7-5-17)13(9-14(19)20)11-8-10(15)2-3-12(11)16/h2-3,8,13H,4-7,9H2,1H3,(H,19,20). The van der Waals surface area contributed by atoms with Crippen molar-refractivity contribution in [2.75, 3.05) is 33.2 Å². The molecule has 1 N–H and O–H groups in total. The van der Waals surface area contributed by atoms with Gasteiger partial charge >= 0.3 is 5.97 Å². The van der Waals surface area contributed by atoms with Crippen molar-refractivity contribution in [1.29, 1.82) is 0 Å². The molecule has 1 heterocycles. The van der Waals surface area contributed by atoms with Crippen LogP contribution in [0.2, 0.25) is 0 Å². The van der Waals surface area contributed by atoms with Crippen molar-refractivity contribution >= 4 is 5.97 Å². The molecule has 1 fully saturated rings. The van der Waals surface area contributed by atoms with Gasteiger partial charge in [-0.3, -0.25) is 9.69 Å². The van der Waals surface area contributed by atoms with Crippen molar-refractivity contribution in [3.8, 4) is 0 Å². The highest BCUT2D eigenvalue weighted by Crippen LogP contribution is 2.28. The summed E-state index contributed by atoms with van der Waals surface area (Å²) in [5, 5.41) is 9.03. The summed E-state index contributed by atoms with van der Waals surface area (Å²) in [4.78, 5) is 15.1. The minimum atomic E-state index is -1.02. The van der Waals surface area contributed by atoms with E-state index in [0.29, 0.717) is 13.1 Å². The molecular weight excluding hydrogens is 266 g/mol. The van der Waals surface area contributed by atoms with E-state index in [0.717, 1.165) is 31.3 Å². The van der Waals surface area contributed by atoms with Gasteiger partial charge in [-0.25, -0.2) is 8.78 Å². The molecule has 1 saturated heterocycles. The average Bonchev–Trinajstić information content (AvgIpc) is 2.40. The Morgan fingerprint density at radius 1 is 1.30 bits per heavy atom. The number of carboxylic acid groups (broad SMARTS) is 1. The zero-order valence-corrected chi connectivity index (χ0v) is 11.4. The van der Waals surface area contributed by atoms with E-state index in [2.05, 4.69) is 4.90 Å². The second-order valence-electron chi connectivity index (χ2n) is 5.12. The minimum Gasteiger partial charge on any atom is -0.481 e. The molecule has 1 aliphatic heterocycles. The Bertz CT molecular complexity index is 488. The summed E-state index contributed by atoms with van der Waals surface area (Å²) in [5.41, 5.74) is 0.122. The second kappa shape index (κ2) is 6.28. The van der Waals surface area contributed by atoms with E-state index >= 15 is 0 Å². The molecule has 0 aliphatic carbocycles. The minimum absolute atomic E-state index is 0.122. The Hall–Kier alpha value is -1.53. The maximum Gasteiger partial charge on any atom is 0.305 e. The number of hydrogen-bond donors (Lipinski definition) is 1. The molecule has 6 heteroatoms. The molecule has 110 valence electrons. The zero-order chi connectivity index (χ0) is 14.7. The Balaban J connectivity index is 2.27. The maximum absolute atomic E-state index is 13.9. The van der Waals surface area contributed by atoms with E-state index in [4.69, 9.17) is 5.11 Å². The molecule has 0 bridgehead atoms. The van der Waals surface area contributed by atoms with Gasteiger partial charge in [0.25, 0.3) is 0 Å². The molecule has 1 unspecified atom stereocenters. The summed E-state index contributed by atoms with van der Waals surface area (Å²) >= 11 is 0. The number of likely N-dealkylation sites (N-methyl/N-ethyl adjacent to an activating group) is 1. The highest BCUT2D eigenvalue weighted by atomic mass is 19.1. The topological polar surface area (TPSA) is 43.8 Å². The second-order valence-corrected chi connectivity index (χ2v) is 5.12. The third kappa shape index (κ3) is 3.52. The van der Waals surface area contributed by atoms with Crippen LogP contribution in [-0.2, 0) is 4.79 Å². The van der Waals surface area contributed by atoms with E-state index in [-0.39, 0.29) is 12.0 Å². The summed E-state index contributed by atoms with van der Waals surface area (Å²) in [6.45, 7) is 2.86. The van der Waals surface area contributed by atoms with Gasteiger partial charge in [-0.2, -0.15) is 0 Å². The van der Waals surface area contributed by atoms with Gasteiger partial charge in [-0.15, -0.1) is 0 Å². The molecule has 0 radical (unpaired) electrons. The van der Waals surface area contributed by atoms with Crippen LogP contribution in [0.3, 0.4) is 0 Å². The van der Waals surface area contributed by atoms with Gasteiger partial charge in [0, 0.05) is 37.8 Å². The molecule has 2 rings (SSSR count). The van der Waals surface area contributed by atoms with E-state index in [9.17, 15) is 13.6 Å². The molecule has 0 spiro atoms. The summed E-state index contributed by atoms with van der Waals surface area (Å²) in [6.07, 6.45) is -0.232. The molecular formula is C14H18F2N2O2. The number of carbonyl (C=O) groups is 1. The lowest BCUT2D eigenvalue weighted by Crippen LogP contribution is -2.46. The summed E-state index contributed by atoms with van der Waals surface area (Å²) < 4.78 is 27.2. The summed E-state index contributed by atoms with van der Waals surface area (Å²) in [6, 6.07) is 2.56. The first-order chi connectivity index (χ1) is 9.47. The number of rotatable bonds is 4. The molecule has 0 aromatic heterocycles. The number of carboxylic acids is 1. The molecule has 1 aromatic carbocycles. The van der Waals surface area contributed by atoms with Crippen LogP contribution in [0.4, 0.5) is 8.78 Å². The fraction of sp³-hybridized carbons (Fsp3) is 0.500. The molecule has 4 nitrogen and oxygen atoms in total. The number of halogens is 2. The van der Waals surface area contributed by atoms with Crippen LogP contribution in [0.25, 0.3) is 0 Å². The number of benzene rings is 1. The molecule has 0 saturated carbocycles. The van der Waals surface area contributed by atoms with Gasteiger partial charge in [0.05, 0.1) is 6.42 Å². The lowest BCUT2D eigenvalue weighted by Gasteiger charge is -2.37. The lowest BCUT2D eigenvalue weighted by atomic mass is 10.00. The SMILES string of the molecule is CN1CCN(C(CC(=O)O)c2cc(F)ccc2F)CC1. The van der Waals surface area contributed by atoms with Gasteiger partial charge in [-0.05, 0) is 25.2 Å². The molecule has 0 amide bonds. The van der Waals surface area contributed by atoms with E-state index in [1.54, 1.807) is 0 Å². The van der Waals surface area contributed by atoms with Crippen molar-refractivity contribution in [2.45, 2.75) is 12.5 Å². The number of hydrogen-bond acceptors (Lipinski definition) is 3. The Labute approximate surface area is 116 Å². The summed E-state index contributed by atoms with van der Waals surface area (Å²) in [7, 11) is 1.98. The molecule has 1 aliphatic rings. The first kappa shape index (κ1) is 14.9. The first-order valence-electron chi connectivity index (χ1n) is 6.56. The van der Waals surface area contributed by atoms with Gasteiger partial charge in [-0.1, -0.05) is 0 Å². The fourth-order valence-corrected chi connectivity index (χ4v) is 2.50. The first-order valence-corrected chi connectivity index (χ1v) is 6.56. The van der Waals surface area contributed by atoms with Gasteiger partial charge in [0.2, 0.25) is 0 Å². The van der Waals surface area contributed by atoms with Crippen molar-refractivity contribution in [3.63, 3.8) is 0 Å². The highest BCUT2D eigenvalue weighted by Gasteiger charge is 2.28. The molecule has 1 aromatic rings. The van der Waals surface area contributed by atoms with Gasteiger partial charge in [0.1, 0.15) is 11.6 Å². The number of piperazine rings is 1. The normalized spacial score (nSPS) is 18.9.